The molecule has 1 saturated heterocycles. The Bertz CT molecular complexity index is 654. The van der Waals surface area contributed by atoms with Gasteiger partial charge in [-0.15, -0.1) is 0 Å². The molecule has 2 aromatic rings. The number of hydrogen-bond donors (Lipinski definition) is 1. The molecule has 0 aliphatic carbocycles. The second-order valence-electron chi connectivity index (χ2n) is 6.66. The Hall–Kier alpha value is -1.49. The summed E-state index contributed by atoms with van der Waals surface area (Å²) >= 11 is 1.82. The van der Waals surface area contributed by atoms with Crippen LogP contribution < -0.4 is 4.90 Å². The summed E-state index contributed by atoms with van der Waals surface area (Å²) in [6.07, 6.45) is 3.51. The second-order valence-corrected chi connectivity index (χ2v) is 7.75. The molecule has 1 N–H and O–H groups in total. The highest BCUT2D eigenvalue weighted by Crippen LogP contribution is 2.47. The predicted molar refractivity (Wildman–Crippen MR) is 100 cm³/mol. The Balaban J connectivity index is 1.55. The summed E-state index contributed by atoms with van der Waals surface area (Å²) in [4.78, 5) is 7.23. The minimum Gasteiger partial charge on any atom is -0.390 e. The van der Waals surface area contributed by atoms with Gasteiger partial charge in [-0.3, -0.25) is 0 Å². The number of β-amino-alcohol motifs (C(OH)–C–C–N with tert-alkyl or cyclic N) is 1. The van der Waals surface area contributed by atoms with Crippen LogP contribution in [0.25, 0.3) is 0 Å². The zero-order valence-corrected chi connectivity index (χ0v) is 14.7. The molecule has 24 heavy (non-hydrogen) atoms. The maximum Gasteiger partial charge on any atom is 0.0845 e. The second kappa shape index (κ2) is 7.18. The van der Waals surface area contributed by atoms with Crippen LogP contribution in [0.15, 0.2) is 58.3 Å². The van der Waals surface area contributed by atoms with Gasteiger partial charge in [0, 0.05) is 16.3 Å². The Labute approximate surface area is 148 Å². The van der Waals surface area contributed by atoms with Crippen LogP contribution in [0, 0.1) is 0 Å². The van der Waals surface area contributed by atoms with E-state index in [1.165, 1.54) is 40.4 Å². The summed E-state index contributed by atoms with van der Waals surface area (Å²) in [5.41, 5.74) is 2.41. The van der Waals surface area contributed by atoms with Crippen molar-refractivity contribution in [3.8, 4) is 0 Å². The number of hydrogen-bond acceptors (Lipinski definition) is 4. The van der Waals surface area contributed by atoms with E-state index in [9.17, 15) is 5.11 Å². The lowest BCUT2D eigenvalue weighted by Gasteiger charge is -2.35. The van der Waals surface area contributed by atoms with Gasteiger partial charge in [-0.25, -0.2) is 0 Å². The molecular weight excluding hydrogens is 316 g/mol. The fraction of sp³-hybridized carbons (Fsp3) is 0.400. The van der Waals surface area contributed by atoms with Crippen molar-refractivity contribution >= 4 is 23.1 Å². The molecule has 0 radical (unpaired) electrons. The van der Waals surface area contributed by atoms with E-state index in [0.29, 0.717) is 6.54 Å². The van der Waals surface area contributed by atoms with E-state index in [1.807, 2.05) is 11.8 Å². The van der Waals surface area contributed by atoms with E-state index in [1.54, 1.807) is 0 Å². The van der Waals surface area contributed by atoms with Crippen LogP contribution in [0.5, 0.6) is 0 Å². The van der Waals surface area contributed by atoms with Crippen molar-refractivity contribution in [3.05, 3.63) is 48.5 Å². The first-order valence-electron chi connectivity index (χ1n) is 8.85. The summed E-state index contributed by atoms with van der Waals surface area (Å²) in [5, 5.41) is 10.7. The van der Waals surface area contributed by atoms with Crippen LogP contribution in [0.2, 0.25) is 0 Å². The molecule has 2 aromatic carbocycles. The van der Waals surface area contributed by atoms with Crippen LogP contribution in [-0.4, -0.2) is 42.3 Å². The van der Waals surface area contributed by atoms with E-state index in [0.717, 1.165) is 19.6 Å². The number of piperidine rings is 1. The van der Waals surface area contributed by atoms with Crippen LogP contribution in [-0.2, 0) is 0 Å². The van der Waals surface area contributed by atoms with E-state index >= 15 is 0 Å². The quantitative estimate of drug-likeness (QED) is 0.905. The average molecular weight is 340 g/mol. The molecule has 0 amide bonds. The van der Waals surface area contributed by atoms with Crippen molar-refractivity contribution in [3.63, 3.8) is 0 Å². The van der Waals surface area contributed by atoms with Gasteiger partial charge in [0.25, 0.3) is 0 Å². The Morgan fingerprint density at radius 2 is 1.42 bits per heavy atom. The maximum atomic E-state index is 10.7. The van der Waals surface area contributed by atoms with Gasteiger partial charge < -0.3 is 14.9 Å². The first-order valence-corrected chi connectivity index (χ1v) is 9.67. The molecule has 4 heteroatoms. The molecule has 0 bridgehead atoms. The molecule has 2 heterocycles. The molecule has 1 unspecified atom stereocenters. The fourth-order valence-corrected chi connectivity index (χ4v) is 4.78. The zero-order chi connectivity index (χ0) is 16.4. The molecule has 2 aliphatic rings. The Morgan fingerprint density at radius 3 is 2.04 bits per heavy atom. The Kier molecular flexibility index (Phi) is 4.79. The number of para-hydroxylation sites is 2. The normalized spacial score (nSPS) is 18.8. The van der Waals surface area contributed by atoms with Crippen molar-refractivity contribution in [1.29, 1.82) is 0 Å². The molecule has 126 valence electrons. The van der Waals surface area contributed by atoms with Gasteiger partial charge in [-0.05, 0) is 50.2 Å². The van der Waals surface area contributed by atoms with E-state index in [2.05, 4.69) is 58.3 Å². The highest BCUT2D eigenvalue weighted by molar-refractivity contribution is 7.99. The third-order valence-corrected chi connectivity index (χ3v) is 5.97. The smallest absolute Gasteiger partial charge is 0.0845 e. The van der Waals surface area contributed by atoms with Gasteiger partial charge in [0.05, 0.1) is 24.0 Å². The number of aliphatic hydroxyl groups is 1. The van der Waals surface area contributed by atoms with Crippen LogP contribution in [0.4, 0.5) is 11.4 Å². The van der Waals surface area contributed by atoms with Crippen molar-refractivity contribution in [2.45, 2.75) is 35.2 Å². The van der Waals surface area contributed by atoms with E-state index in [-0.39, 0.29) is 6.10 Å². The van der Waals surface area contributed by atoms with Gasteiger partial charge in [0.1, 0.15) is 0 Å². The van der Waals surface area contributed by atoms with Crippen molar-refractivity contribution in [2.24, 2.45) is 0 Å². The minimum absolute atomic E-state index is 0.340. The standard InChI is InChI=1S/C20H24N2OS/c23-16(14-21-12-6-1-7-13-21)15-22-17-8-2-4-10-19(17)24-20-11-5-3-9-18(20)22/h2-5,8-11,16,23H,1,6-7,12-15H2. The van der Waals surface area contributed by atoms with Crippen LogP contribution in [0.1, 0.15) is 19.3 Å². The van der Waals surface area contributed by atoms with Crippen molar-refractivity contribution < 1.29 is 5.11 Å². The first-order chi connectivity index (χ1) is 11.8. The van der Waals surface area contributed by atoms with Gasteiger partial charge in [-0.2, -0.15) is 0 Å². The van der Waals surface area contributed by atoms with Gasteiger partial charge in [-0.1, -0.05) is 42.4 Å². The number of anilines is 2. The van der Waals surface area contributed by atoms with Gasteiger partial charge >= 0.3 is 0 Å². The van der Waals surface area contributed by atoms with E-state index < -0.39 is 0 Å². The number of likely N-dealkylation sites (tertiary alicyclic amines) is 1. The Morgan fingerprint density at radius 1 is 0.833 bits per heavy atom. The topological polar surface area (TPSA) is 26.7 Å². The summed E-state index contributed by atoms with van der Waals surface area (Å²) in [6.45, 7) is 3.67. The summed E-state index contributed by atoms with van der Waals surface area (Å²) in [5.74, 6) is 0. The SMILES string of the molecule is OC(CN1CCCCC1)CN1c2ccccc2Sc2ccccc21. The lowest BCUT2D eigenvalue weighted by molar-refractivity contribution is 0.106. The number of fused-ring (bicyclic) bond motifs is 2. The first kappa shape index (κ1) is 16.0. The predicted octanol–water partition coefficient (Wildman–Crippen LogP) is 4.14. The zero-order valence-electron chi connectivity index (χ0n) is 13.9. The van der Waals surface area contributed by atoms with Gasteiger partial charge in [0.15, 0.2) is 0 Å². The van der Waals surface area contributed by atoms with Crippen LogP contribution in [0.3, 0.4) is 0 Å². The number of benzene rings is 2. The maximum absolute atomic E-state index is 10.7. The highest BCUT2D eigenvalue weighted by Gasteiger charge is 2.25. The third-order valence-electron chi connectivity index (χ3n) is 4.84. The third kappa shape index (κ3) is 3.32. The summed E-state index contributed by atoms with van der Waals surface area (Å²) < 4.78 is 0. The number of rotatable bonds is 4. The van der Waals surface area contributed by atoms with Gasteiger partial charge in [0.2, 0.25) is 0 Å². The average Bonchev–Trinajstić information content (AvgIpc) is 2.62. The molecule has 0 aromatic heterocycles. The molecular formula is C20H24N2OS. The number of nitrogens with zero attached hydrogens (tertiary/aromatic N) is 2. The molecule has 1 atom stereocenters. The lowest BCUT2D eigenvalue weighted by Crippen LogP contribution is -2.41. The molecule has 2 aliphatic heterocycles. The summed E-state index contributed by atoms with van der Waals surface area (Å²) in [6, 6.07) is 17.0. The summed E-state index contributed by atoms with van der Waals surface area (Å²) in [7, 11) is 0. The molecule has 0 spiro atoms. The van der Waals surface area contributed by atoms with Crippen LogP contribution >= 0.6 is 11.8 Å². The highest BCUT2D eigenvalue weighted by atomic mass is 32.2. The molecule has 4 rings (SSSR count). The fourth-order valence-electron chi connectivity index (χ4n) is 3.69. The van der Waals surface area contributed by atoms with Crippen molar-refractivity contribution in [1.82, 2.24) is 4.90 Å². The lowest BCUT2D eigenvalue weighted by atomic mass is 10.1. The minimum atomic E-state index is -0.340. The largest absolute Gasteiger partial charge is 0.390 e. The number of aliphatic hydroxyl groups excluding tert-OH is 1. The van der Waals surface area contributed by atoms with E-state index in [4.69, 9.17) is 0 Å². The molecule has 3 nitrogen and oxygen atoms in total. The molecule has 1 fully saturated rings. The van der Waals surface area contributed by atoms with Crippen molar-refractivity contribution in [2.75, 3.05) is 31.1 Å². The molecule has 0 saturated carbocycles. The monoisotopic (exact) mass is 340 g/mol.